The fourth-order valence-corrected chi connectivity index (χ4v) is 4.06. The van der Waals surface area contributed by atoms with Gasteiger partial charge < -0.3 is 10.2 Å². The largest absolute Gasteiger partial charge is 0.393 e. The summed E-state index contributed by atoms with van der Waals surface area (Å²) in [7, 11) is 0. The third-order valence-electron chi connectivity index (χ3n) is 5.30. The summed E-state index contributed by atoms with van der Waals surface area (Å²) in [5.41, 5.74) is 0.996. The molecule has 2 saturated carbocycles. The molecule has 2 fully saturated rings. The highest BCUT2D eigenvalue weighted by molar-refractivity contribution is 5.17. The summed E-state index contributed by atoms with van der Waals surface area (Å²) in [6.45, 7) is 10.6. The first-order chi connectivity index (χ1) is 7.88. The van der Waals surface area contributed by atoms with Crippen LogP contribution in [0.4, 0.5) is 0 Å². The van der Waals surface area contributed by atoms with Gasteiger partial charge in [0.25, 0.3) is 0 Å². The summed E-state index contributed by atoms with van der Waals surface area (Å²) in [6.07, 6.45) is 3.11. The molecule has 5 atom stereocenters. The molecule has 0 radical (unpaired) electrons. The van der Waals surface area contributed by atoms with Crippen molar-refractivity contribution in [3.05, 3.63) is 12.2 Å². The molecule has 0 aromatic rings. The molecule has 2 nitrogen and oxygen atoms in total. The molecule has 98 valence electrons. The van der Waals surface area contributed by atoms with Gasteiger partial charge in [-0.05, 0) is 37.5 Å². The number of hydrogen-bond acceptors (Lipinski definition) is 2. The normalized spacial score (nSPS) is 47.1. The van der Waals surface area contributed by atoms with Crippen molar-refractivity contribution < 1.29 is 10.2 Å². The lowest BCUT2D eigenvalue weighted by atomic mass is 9.53. The van der Waals surface area contributed by atoms with Crippen LogP contribution in [-0.2, 0) is 0 Å². The first-order valence-corrected chi connectivity index (χ1v) is 6.91. The Balaban J connectivity index is 2.29. The molecule has 2 N–H and O–H groups in total. The van der Waals surface area contributed by atoms with Crippen molar-refractivity contribution in [2.24, 2.45) is 23.2 Å². The first kappa shape index (κ1) is 13.1. The molecule has 0 aromatic heterocycles. The quantitative estimate of drug-likeness (QED) is 0.690. The zero-order chi connectivity index (χ0) is 12.8. The molecule has 0 amide bonds. The second kappa shape index (κ2) is 4.40. The molecule has 0 spiro atoms. The van der Waals surface area contributed by atoms with E-state index < -0.39 is 0 Å². The Kier molecular flexibility index (Phi) is 3.39. The minimum atomic E-state index is -0.323. The van der Waals surface area contributed by atoms with Crippen molar-refractivity contribution >= 4 is 0 Å². The van der Waals surface area contributed by atoms with Crippen molar-refractivity contribution in [3.8, 4) is 0 Å². The molecule has 2 aliphatic rings. The van der Waals surface area contributed by atoms with Crippen molar-refractivity contribution in [1.29, 1.82) is 0 Å². The van der Waals surface area contributed by atoms with Gasteiger partial charge in [0, 0.05) is 11.3 Å². The Bertz CT molecular complexity index is 310. The summed E-state index contributed by atoms with van der Waals surface area (Å²) >= 11 is 0. The van der Waals surface area contributed by atoms with Crippen LogP contribution in [0.5, 0.6) is 0 Å². The van der Waals surface area contributed by atoms with Gasteiger partial charge in [-0.15, -0.1) is 0 Å². The van der Waals surface area contributed by atoms with E-state index in [9.17, 15) is 10.2 Å². The lowest BCUT2D eigenvalue weighted by Gasteiger charge is -2.54. The maximum Gasteiger partial charge on any atom is 0.0642 e. The molecule has 0 aromatic carbocycles. The van der Waals surface area contributed by atoms with Gasteiger partial charge in [0.05, 0.1) is 12.2 Å². The molecular weight excluding hydrogens is 212 g/mol. The topological polar surface area (TPSA) is 40.5 Å². The number of rotatable bonds is 1. The van der Waals surface area contributed by atoms with Crippen LogP contribution in [0, 0.1) is 23.2 Å². The van der Waals surface area contributed by atoms with E-state index in [4.69, 9.17) is 0 Å². The van der Waals surface area contributed by atoms with Crippen LogP contribution in [0.25, 0.3) is 0 Å². The van der Waals surface area contributed by atoms with Crippen molar-refractivity contribution in [1.82, 2.24) is 0 Å². The van der Waals surface area contributed by atoms with E-state index in [1.54, 1.807) is 0 Å². The second-order valence-electron chi connectivity index (χ2n) is 6.63. The third kappa shape index (κ3) is 1.96. The molecule has 0 aliphatic heterocycles. The van der Waals surface area contributed by atoms with E-state index >= 15 is 0 Å². The standard InChI is InChI=1S/C15H26O2/c1-9(2)11-7-8-15(4)12(16)6-5-10(3)13(15)14(11)17/h9,11-14,16-17H,3,5-8H2,1-2,4H3/t11?,12?,13?,14?,15-/m0/s1. The Morgan fingerprint density at radius 3 is 2.53 bits per heavy atom. The van der Waals surface area contributed by atoms with Crippen LogP contribution in [0.15, 0.2) is 12.2 Å². The Morgan fingerprint density at radius 1 is 1.29 bits per heavy atom. The van der Waals surface area contributed by atoms with E-state index in [-0.39, 0.29) is 23.5 Å². The molecule has 0 bridgehead atoms. The molecule has 2 rings (SSSR count). The van der Waals surface area contributed by atoms with E-state index in [0.717, 1.165) is 31.3 Å². The lowest BCUT2D eigenvalue weighted by Crippen LogP contribution is -2.54. The highest BCUT2D eigenvalue weighted by Gasteiger charge is 2.52. The Labute approximate surface area is 105 Å². The second-order valence-corrected chi connectivity index (χ2v) is 6.63. The van der Waals surface area contributed by atoms with Gasteiger partial charge in [0.2, 0.25) is 0 Å². The van der Waals surface area contributed by atoms with Crippen molar-refractivity contribution in [2.75, 3.05) is 0 Å². The number of fused-ring (bicyclic) bond motifs is 1. The summed E-state index contributed by atoms with van der Waals surface area (Å²) in [5.74, 6) is 0.948. The third-order valence-corrected chi connectivity index (χ3v) is 5.30. The average molecular weight is 238 g/mol. The van der Waals surface area contributed by atoms with Crippen molar-refractivity contribution in [3.63, 3.8) is 0 Å². The Morgan fingerprint density at radius 2 is 1.94 bits per heavy atom. The number of aliphatic hydroxyl groups excluding tert-OH is 2. The minimum absolute atomic E-state index is 0.0902. The molecule has 17 heavy (non-hydrogen) atoms. The molecule has 4 unspecified atom stereocenters. The predicted molar refractivity (Wildman–Crippen MR) is 69.5 cm³/mol. The van der Waals surface area contributed by atoms with Crippen LogP contribution in [0.1, 0.15) is 46.5 Å². The van der Waals surface area contributed by atoms with Crippen molar-refractivity contribution in [2.45, 2.75) is 58.7 Å². The van der Waals surface area contributed by atoms with E-state index in [0.29, 0.717) is 11.8 Å². The van der Waals surface area contributed by atoms with E-state index in [2.05, 4.69) is 27.4 Å². The highest BCUT2D eigenvalue weighted by atomic mass is 16.3. The van der Waals surface area contributed by atoms with Crippen LogP contribution in [0.3, 0.4) is 0 Å². The number of hydrogen-bond donors (Lipinski definition) is 2. The maximum absolute atomic E-state index is 10.6. The lowest BCUT2D eigenvalue weighted by molar-refractivity contribution is -0.120. The number of aliphatic hydroxyl groups is 2. The van der Waals surface area contributed by atoms with Gasteiger partial charge in [-0.3, -0.25) is 0 Å². The fraction of sp³-hybridized carbons (Fsp3) is 0.867. The van der Waals surface area contributed by atoms with E-state index in [1.165, 1.54) is 0 Å². The molecule has 2 aliphatic carbocycles. The molecule has 0 heterocycles. The summed E-state index contributed by atoms with van der Waals surface area (Å²) in [6, 6.07) is 0. The van der Waals surface area contributed by atoms with Crippen LogP contribution in [-0.4, -0.2) is 22.4 Å². The summed E-state index contributed by atoms with van der Waals surface area (Å²) in [4.78, 5) is 0. The Hall–Kier alpha value is -0.340. The van der Waals surface area contributed by atoms with Crippen LogP contribution in [0.2, 0.25) is 0 Å². The van der Waals surface area contributed by atoms with Gasteiger partial charge in [-0.1, -0.05) is 32.9 Å². The monoisotopic (exact) mass is 238 g/mol. The summed E-state index contributed by atoms with van der Waals surface area (Å²) in [5, 5.41) is 20.9. The van der Waals surface area contributed by atoms with Crippen LogP contribution >= 0.6 is 0 Å². The molecule has 0 saturated heterocycles. The zero-order valence-electron chi connectivity index (χ0n) is 11.3. The van der Waals surface area contributed by atoms with Gasteiger partial charge in [0.1, 0.15) is 0 Å². The minimum Gasteiger partial charge on any atom is -0.393 e. The molecular formula is C15H26O2. The summed E-state index contributed by atoms with van der Waals surface area (Å²) < 4.78 is 0. The van der Waals surface area contributed by atoms with Gasteiger partial charge >= 0.3 is 0 Å². The first-order valence-electron chi connectivity index (χ1n) is 6.91. The van der Waals surface area contributed by atoms with Gasteiger partial charge in [0.15, 0.2) is 0 Å². The zero-order valence-corrected chi connectivity index (χ0v) is 11.3. The predicted octanol–water partition coefficient (Wildman–Crippen LogP) is 2.75. The van der Waals surface area contributed by atoms with Gasteiger partial charge in [-0.2, -0.15) is 0 Å². The average Bonchev–Trinajstić information content (AvgIpc) is 2.23. The SMILES string of the molecule is C=C1CCC(O)[C@]2(C)CCC(C(C)C)C(O)C12. The molecule has 2 heteroatoms. The fourth-order valence-electron chi connectivity index (χ4n) is 4.06. The smallest absolute Gasteiger partial charge is 0.0642 e. The van der Waals surface area contributed by atoms with E-state index in [1.807, 2.05) is 0 Å². The maximum atomic E-state index is 10.6. The highest BCUT2D eigenvalue weighted by Crippen LogP contribution is 2.54. The van der Waals surface area contributed by atoms with Crippen LogP contribution < -0.4 is 0 Å². The van der Waals surface area contributed by atoms with Gasteiger partial charge in [-0.25, -0.2) is 0 Å².